The van der Waals surface area contributed by atoms with Gasteiger partial charge in [-0.2, -0.15) is 11.8 Å². The molecule has 0 aliphatic carbocycles. The van der Waals surface area contributed by atoms with Crippen LogP contribution in [0.1, 0.15) is 26.7 Å². The van der Waals surface area contributed by atoms with Crippen molar-refractivity contribution in [3.05, 3.63) is 0 Å². The van der Waals surface area contributed by atoms with E-state index in [0.29, 0.717) is 12.0 Å². The molecule has 2 unspecified atom stereocenters. The topological polar surface area (TPSA) is 29.1 Å². The smallest absolute Gasteiger partial charge is 0.224 e. The van der Waals surface area contributed by atoms with E-state index in [-0.39, 0.29) is 11.8 Å². The predicted octanol–water partition coefficient (Wildman–Crippen LogP) is 2.67. The lowest BCUT2D eigenvalue weighted by Crippen LogP contribution is -2.42. The van der Waals surface area contributed by atoms with Crippen LogP contribution in [-0.4, -0.2) is 28.8 Å². The molecule has 1 aliphatic rings. The Bertz CT molecular complexity index is 205. The lowest BCUT2D eigenvalue weighted by atomic mass is 10.00. The standard InChI is InChI=1S/C11H20BrNOS/c1-8(2)10(3-5-12)13-11(14)9-4-6-15-7-9/h8-10H,3-7H2,1-2H3,(H,13,14). The Morgan fingerprint density at radius 3 is 2.80 bits per heavy atom. The molecule has 2 nitrogen and oxygen atoms in total. The first kappa shape index (κ1) is 13.4. The summed E-state index contributed by atoms with van der Waals surface area (Å²) in [5, 5.41) is 4.13. The van der Waals surface area contributed by atoms with Crippen molar-refractivity contribution in [1.82, 2.24) is 5.32 Å². The number of amides is 1. The van der Waals surface area contributed by atoms with Crippen LogP contribution in [0.15, 0.2) is 0 Å². The van der Waals surface area contributed by atoms with Crippen molar-refractivity contribution in [1.29, 1.82) is 0 Å². The highest BCUT2D eigenvalue weighted by Crippen LogP contribution is 2.24. The average molecular weight is 294 g/mol. The minimum absolute atomic E-state index is 0.256. The third kappa shape index (κ3) is 4.35. The van der Waals surface area contributed by atoms with E-state index in [4.69, 9.17) is 0 Å². The zero-order chi connectivity index (χ0) is 11.3. The van der Waals surface area contributed by atoms with Crippen molar-refractivity contribution in [3.8, 4) is 0 Å². The van der Waals surface area contributed by atoms with Gasteiger partial charge in [0, 0.05) is 23.0 Å². The highest BCUT2D eigenvalue weighted by atomic mass is 79.9. The lowest BCUT2D eigenvalue weighted by molar-refractivity contribution is -0.125. The molecule has 4 heteroatoms. The van der Waals surface area contributed by atoms with Gasteiger partial charge in [0.2, 0.25) is 5.91 Å². The van der Waals surface area contributed by atoms with E-state index in [0.717, 1.165) is 29.7 Å². The van der Waals surface area contributed by atoms with Crippen molar-refractivity contribution in [2.75, 3.05) is 16.8 Å². The van der Waals surface area contributed by atoms with Gasteiger partial charge < -0.3 is 5.32 Å². The molecule has 0 saturated carbocycles. The lowest BCUT2D eigenvalue weighted by Gasteiger charge is -2.23. The van der Waals surface area contributed by atoms with Gasteiger partial charge in [-0.1, -0.05) is 29.8 Å². The van der Waals surface area contributed by atoms with Crippen molar-refractivity contribution >= 4 is 33.6 Å². The van der Waals surface area contributed by atoms with Crippen LogP contribution in [0.2, 0.25) is 0 Å². The Kier molecular flexibility index (Phi) is 6.05. The molecule has 0 spiro atoms. The van der Waals surface area contributed by atoms with E-state index in [1.54, 1.807) is 0 Å². The molecule has 1 heterocycles. The second kappa shape index (κ2) is 6.79. The Hall–Kier alpha value is 0.300. The zero-order valence-corrected chi connectivity index (χ0v) is 11.9. The molecule has 15 heavy (non-hydrogen) atoms. The molecule has 1 fully saturated rings. The number of alkyl halides is 1. The summed E-state index contributed by atoms with van der Waals surface area (Å²) in [5.74, 6) is 3.18. The van der Waals surface area contributed by atoms with Crippen molar-refractivity contribution in [3.63, 3.8) is 0 Å². The zero-order valence-electron chi connectivity index (χ0n) is 9.46. The number of rotatable bonds is 5. The summed E-state index contributed by atoms with van der Waals surface area (Å²) in [5.41, 5.74) is 0. The van der Waals surface area contributed by atoms with E-state index >= 15 is 0 Å². The fourth-order valence-electron chi connectivity index (χ4n) is 1.73. The Labute approximate surface area is 105 Å². The molecule has 1 rings (SSSR count). The van der Waals surface area contributed by atoms with Gasteiger partial charge in [0.25, 0.3) is 0 Å². The fourth-order valence-corrected chi connectivity index (χ4v) is 3.45. The number of hydrogen-bond donors (Lipinski definition) is 1. The second-order valence-electron chi connectivity index (χ2n) is 4.40. The fraction of sp³-hybridized carbons (Fsp3) is 0.909. The molecule has 1 N–H and O–H groups in total. The molecule has 1 amide bonds. The molecule has 0 aromatic carbocycles. The van der Waals surface area contributed by atoms with E-state index in [9.17, 15) is 4.79 Å². The van der Waals surface area contributed by atoms with Crippen LogP contribution in [0.4, 0.5) is 0 Å². The van der Waals surface area contributed by atoms with Crippen LogP contribution in [0.5, 0.6) is 0 Å². The molecule has 1 aliphatic heterocycles. The number of nitrogens with one attached hydrogen (secondary N) is 1. The number of carbonyl (C=O) groups is 1. The van der Waals surface area contributed by atoms with Crippen LogP contribution in [0.3, 0.4) is 0 Å². The SMILES string of the molecule is CC(C)C(CCBr)NC(=O)C1CCSC1. The molecule has 2 atom stereocenters. The maximum atomic E-state index is 11.9. The normalized spacial score (nSPS) is 23.1. The third-order valence-electron chi connectivity index (χ3n) is 2.85. The van der Waals surface area contributed by atoms with Gasteiger partial charge in [-0.05, 0) is 24.5 Å². The summed E-state index contributed by atoms with van der Waals surface area (Å²) in [6.07, 6.45) is 2.07. The van der Waals surface area contributed by atoms with Crippen LogP contribution < -0.4 is 5.32 Å². The van der Waals surface area contributed by atoms with Gasteiger partial charge >= 0.3 is 0 Å². The molecule has 1 saturated heterocycles. The number of thioether (sulfide) groups is 1. The molecule has 0 aromatic heterocycles. The number of halogens is 1. The van der Waals surface area contributed by atoms with E-state index in [1.165, 1.54) is 0 Å². The first-order valence-corrected chi connectivity index (χ1v) is 7.87. The van der Waals surface area contributed by atoms with Crippen LogP contribution >= 0.6 is 27.7 Å². The highest BCUT2D eigenvalue weighted by molar-refractivity contribution is 9.09. The first-order chi connectivity index (χ1) is 7.15. The molecular formula is C11H20BrNOS. The molecule has 0 radical (unpaired) electrons. The summed E-state index contributed by atoms with van der Waals surface area (Å²) < 4.78 is 0. The van der Waals surface area contributed by atoms with Crippen molar-refractivity contribution in [2.45, 2.75) is 32.7 Å². The van der Waals surface area contributed by atoms with E-state index in [1.807, 2.05) is 11.8 Å². The maximum absolute atomic E-state index is 11.9. The minimum Gasteiger partial charge on any atom is -0.353 e. The van der Waals surface area contributed by atoms with Crippen LogP contribution in [-0.2, 0) is 4.79 Å². The number of carbonyl (C=O) groups excluding carboxylic acids is 1. The van der Waals surface area contributed by atoms with Gasteiger partial charge in [-0.25, -0.2) is 0 Å². The predicted molar refractivity (Wildman–Crippen MR) is 70.6 cm³/mol. The number of hydrogen-bond acceptors (Lipinski definition) is 2. The van der Waals surface area contributed by atoms with E-state index < -0.39 is 0 Å². The summed E-state index contributed by atoms with van der Waals surface area (Å²) in [7, 11) is 0. The molecule has 88 valence electrons. The van der Waals surface area contributed by atoms with Crippen LogP contribution in [0, 0.1) is 11.8 Å². The largest absolute Gasteiger partial charge is 0.353 e. The monoisotopic (exact) mass is 293 g/mol. The van der Waals surface area contributed by atoms with Gasteiger partial charge in [-0.3, -0.25) is 4.79 Å². The summed E-state index contributed by atoms with van der Waals surface area (Å²) in [6.45, 7) is 4.33. The average Bonchev–Trinajstić information content (AvgIpc) is 2.69. The second-order valence-corrected chi connectivity index (χ2v) is 6.34. The third-order valence-corrected chi connectivity index (χ3v) is 4.47. The molecule has 0 aromatic rings. The first-order valence-electron chi connectivity index (χ1n) is 5.59. The molecular weight excluding hydrogens is 274 g/mol. The summed E-state index contributed by atoms with van der Waals surface area (Å²) in [6, 6.07) is 0.322. The Balaban J connectivity index is 2.38. The van der Waals surface area contributed by atoms with Gasteiger partial charge in [-0.15, -0.1) is 0 Å². The van der Waals surface area contributed by atoms with Gasteiger partial charge in [0.1, 0.15) is 0 Å². The summed E-state index contributed by atoms with van der Waals surface area (Å²) >= 11 is 5.33. The summed E-state index contributed by atoms with van der Waals surface area (Å²) in [4.78, 5) is 11.9. The highest BCUT2D eigenvalue weighted by Gasteiger charge is 2.25. The Morgan fingerprint density at radius 1 is 1.60 bits per heavy atom. The maximum Gasteiger partial charge on any atom is 0.224 e. The quantitative estimate of drug-likeness (QED) is 0.790. The minimum atomic E-state index is 0.256. The molecule has 0 bridgehead atoms. The van der Waals surface area contributed by atoms with Crippen molar-refractivity contribution in [2.24, 2.45) is 11.8 Å². The Morgan fingerprint density at radius 2 is 2.33 bits per heavy atom. The van der Waals surface area contributed by atoms with Gasteiger partial charge in [0.05, 0.1) is 0 Å². The van der Waals surface area contributed by atoms with E-state index in [2.05, 4.69) is 35.1 Å². The van der Waals surface area contributed by atoms with Crippen molar-refractivity contribution < 1.29 is 4.79 Å². The van der Waals surface area contributed by atoms with Crippen LogP contribution in [0.25, 0.3) is 0 Å². The van der Waals surface area contributed by atoms with Gasteiger partial charge in [0.15, 0.2) is 0 Å².